The summed E-state index contributed by atoms with van der Waals surface area (Å²) in [6.45, 7) is 0. The maximum Gasteiger partial charge on any atom is 0.324 e. The van der Waals surface area contributed by atoms with Gasteiger partial charge < -0.3 is 14.7 Å². The summed E-state index contributed by atoms with van der Waals surface area (Å²) in [6.07, 6.45) is 0.488. The molecular formula is C22H23NO5. The van der Waals surface area contributed by atoms with Crippen LogP contribution in [0.15, 0.2) is 65.8 Å². The summed E-state index contributed by atoms with van der Waals surface area (Å²) in [4.78, 5) is 26.5. The lowest BCUT2D eigenvalue weighted by Crippen LogP contribution is -2.54. The lowest BCUT2D eigenvalue weighted by Gasteiger charge is -2.45. The standard InChI is InChI=1S/C22H23NO5/c1-27-20(24)22(21(25)28-2)18(15-9-5-3-6-10-15)13-17(23-26)14-19(22)16-11-7-4-8-12-16/h3-12,18-19,26H,13-14H2,1-2H3. The Morgan fingerprint density at radius 3 is 1.57 bits per heavy atom. The maximum atomic E-state index is 13.2. The van der Waals surface area contributed by atoms with Crippen molar-refractivity contribution in [2.75, 3.05) is 14.2 Å². The van der Waals surface area contributed by atoms with E-state index in [1.807, 2.05) is 60.7 Å². The van der Waals surface area contributed by atoms with E-state index in [2.05, 4.69) is 5.16 Å². The number of carbonyl (C=O) groups is 2. The monoisotopic (exact) mass is 381 g/mol. The number of benzene rings is 2. The van der Waals surface area contributed by atoms with Crippen molar-refractivity contribution in [3.63, 3.8) is 0 Å². The minimum Gasteiger partial charge on any atom is -0.468 e. The Labute approximate surface area is 163 Å². The average Bonchev–Trinajstić information content (AvgIpc) is 2.78. The second-order valence-electron chi connectivity index (χ2n) is 6.85. The van der Waals surface area contributed by atoms with Crippen molar-refractivity contribution in [3.05, 3.63) is 71.8 Å². The zero-order valence-electron chi connectivity index (χ0n) is 15.9. The molecule has 6 heteroatoms. The molecule has 146 valence electrons. The van der Waals surface area contributed by atoms with E-state index >= 15 is 0 Å². The fraction of sp³-hybridized carbons (Fsp3) is 0.318. The van der Waals surface area contributed by atoms with Gasteiger partial charge in [0.25, 0.3) is 0 Å². The molecule has 0 aromatic heterocycles. The Bertz CT molecular complexity index is 794. The number of hydrogen-bond donors (Lipinski definition) is 1. The summed E-state index contributed by atoms with van der Waals surface area (Å²) >= 11 is 0. The fourth-order valence-corrected chi connectivity index (χ4v) is 4.32. The van der Waals surface area contributed by atoms with Crippen molar-refractivity contribution in [1.82, 2.24) is 0 Å². The Kier molecular flexibility index (Phi) is 5.78. The van der Waals surface area contributed by atoms with Crippen LogP contribution in [0, 0.1) is 5.41 Å². The van der Waals surface area contributed by atoms with Crippen LogP contribution in [0.5, 0.6) is 0 Å². The van der Waals surface area contributed by atoms with Crippen LogP contribution in [-0.4, -0.2) is 37.1 Å². The first kappa shape index (κ1) is 19.6. The Hall–Kier alpha value is -3.15. The van der Waals surface area contributed by atoms with Crippen molar-refractivity contribution in [2.24, 2.45) is 10.6 Å². The highest BCUT2D eigenvalue weighted by atomic mass is 16.5. The Morgan fingerprint density at radius 1 is 0.857 bits per heavy atom. The second-order valence-corrected chi connectivity index (χ2v) is 6.85. The summed E-state index contributed by atoms with van der Waals surface area (Å²) in [7, 11) is 2.54. The third-order valence-corrected chi connectivity index (χ3v) is 5.57. The van der Waals surface area contributed by atoms with Crippen LogP contribution < -0.4 is 0 Å². The summed E-state index contributed by atoms with van der Waals surface area (Å²) in [6, 6.07) is 18.5. The summed E-state index contributed by atoms with van der Waals surface area (Å²) in [5.41, 5.74) is 0.478. The zero-order chi connectivity index (χ0) is 20.1. The predicted octanol–water partition coefficient (Wildman–Crippen LogP) is 3.51. The number of esters is 2. The van der Waals surface area contributed by atoms with E-state index in [1.54, 1.807) is 0 Å². The molecule has 0 bridgehead atoms. The van der Waals surface area contributed by atoms with E-state index in [9.17, 15) is 14.8 Å². The average molecular weight is 381 g/mol. The van der Waals surface area contributed by atoms with Gasteiger partial charge in [0.05, 0.1) is 19.9 Å². The highest BCUT2D eigenvalue weighted by molar-refractivity contribution is 6.05. The summed E-state index contributed by atoms with van der Waals surface area (Å²) < 4.78 is 10.3. The van der Waals surface area contributed by atoms with Crippen molar-refractivity contribution in [1.29, 1.82) is 0 Å². The van der Waals surface area contributed by atoms with E-state index in [0.717, 1.165) is 11.1 Å². The smallest absolute Gasteiger partial charge is 0.324 e. The number of nitrogens with zero attached hydrogens (tertiary/aromatic N) is 1. The van der Waals surface area contributed by atoms with Crippen molar-refractivity contribution >= 4 is 17.7 Å². The van der Waals surface area contributed by atoms with Gasteiger partial charge in [-0.15, -0.1) is 0 Å². The van der Waals surface area contributed by atoms with Gasteiger partial charge in [-0.2, -0.15) is 0 Å². The maximum absolute atomic E-state index is 13.2. The molecule has 2 atom stereocenters. The van der Waals surface area contributed by atoms with Crippen LogP contribution in [0.1, 0.15) is 35.8 Å². The second kappa shape index (κ2) is 8.25. The first-order chi connectivity index (χ1) is 13.6. The van der Waals surface area contributed by atoms with E-state index in [1.165, 1.54) is 14.2 Å². The van der Waals surface area contributed by atoms with Gasteiger partial charge in [0, 0.05) is 11.8 Å². The van der Waals surface area contributed by atoms with Gasteiger partial charge in [-0.3, -0.25) is 9.59 Å². The Morgan fingerprint density at radius 2 is 1.25 bits per heavy atom. The van der Waals surface area contributed by atoms with E-state index in [4.69, 9.17) is 9.47 Å². The number of hydrogen-bond acceptors (Lipinski definition) is 6. The molecule has 0 saturated heterocycles. The Balaban J connectivity index is 2.31. The third-order valence-electron chi connectivity index (χ3n) is 5.57. The van der Waals surface area contributed by atoms with Crippen LogP contribution in [-0.2, 0) is 19.1 Å². The molecule has 0 amide bonds. The van der Waals surface area contributed by atoms with Crippen LogP contribution in [0.25, 0.3) is 0 Å². The highest BCUT2D eigenvalue weighted by Crippen LogP contribution is 2.55. The normalized spacial score (nSPS) is 20.9. The molecule has 0 heterocycles. The number of carbonyl (C=O) groups excluding carboxylic acids is 2. The van der Waals surface area contributed by atoms with Crippen molar-refractivity contribution in [3.8, 4) is 0 Å². The van der Waals surface area contributed by atoms with Crippen LogP contribution >= 0.6 is 0 Å². The van der Waals surface area contributed by atoms with Gasteiger partial charge in [0.1, 0.15) is 0 Å². The van der Waals surface area contributed by atoms with Gasteiger partial charge in [-0.1, -0.05) is 65.8 Å². The zero-order valence-corrected chi connectivity index (χ0v) is 15.9. The highest BCUT2D eigenvalue weighted by Gasteiger charge is 2.62. The van der Waals surface area contributed by atoms with Crippen molar-refractivity contribution < 1.29 is 24.3 Å². The van der Waals surface area contributed by atoms with Crippen LogP contribution in [0.2, 0.25) is 0 Å². The molecule has 6 nitrogen and oxygen atoms in total. The lowest BCUT2D eigenvalue weighted by molar-refractivity contribution is -0.174. The predicted molar refractivity (Wildman–Crippen MR) is 103 cm³/mol. The van der Waals surface area contributed by atoms with Crippen LogP contribution in [0.3, 0.4) is 0 Å². The molecule has 0 spiro atoms. The van der Waals surface area contributed by atoms with Gasteiger partial charge in [-0.05, 0) is 24.0 Å². The minimum absolute atomic E-state index is 0.244. The van der Waals surface area contributed by atoms with Crippen LogP contribution in [0.4, 0.5) is 0 Å². The quantitative estimate of drug-likeness (QED) is 0.379. The molecule has 1 N–H and O–H groups in total. The van der Waals surface area contributed by atoms with E-state index < -0.39 is 29.2 Å². The molecule has 1 saturated carbocycles. The van der Waals surface area contributed by atoms with Gasteiger partial charge in [0.15, 0.2) is 5.41 Å². The first-order valence-corrected chi connectivity index (χ1v) is 9.06. The lowest BCUT2D eigenvalue weighted by atomic mass is 9.55. The topological polar surface area (TPSA) is 85.2 Å². The molecule has 3 rings (SSSR count). The minimum atomic E-state index is -1.60. The SMILES string of the molecule is COC(=O)C1(C(=O)OC)C(c2ccccc2)CC(=NO)CC1c1ccccc1. The molecule has 28 heavy (non-hydrogen) atoms. The number of rotatable bonds is 4. The molecule has 1 fully saturated rings. The number of ether oxygens (including phenoxy) is 2. The molecule has 0 aliphatic heterocycles. The molecule has 2 aromatic carbocycles. The fourth-order valence-electron chi connectivity index (χ4n) is 4.32. The summed E-state index contributed by atoms with van der Waals surface area (Å²) in [5.74, 6) is -2.50. The van der Waals surface area contributed by atoms with E-state index in [0.29, 0.717) is 5.71 Å². The number of oxime groups is 1. The van der Waals surface area contributed by atoms with Gasteiger partial charge in [0.2, 0.25) is 0 Å². The van der Waals surface area contributed by atoms with Gasteiger partial charge in [-0.25, -0.2) is 0 Å². The largest absolute Gasteiger partial charge is 0.468 e. The molecule has 0 radical (unpaired) electrons. The molecule has 2 unspecified atom stereocenters. The van der Waals surface area contributed by atoms with Gasteiger partial charge >= 0.3 is 11.9 Å². The molecule has 1 aliphatic carbocycles. The molecule has 2 aromatic rings. The first-order valence-electron chi connectivity index (χ1n) is 9.06. The number of methoxy groups -OCH3 is 2. The van der Waals surface area contributed by atoms with E-state index in [-0.39, 0.29) is 12.8 Å². The molecule has 1 aliphatic rings. The molecular weight excluding hydrogens is 358 g/mol. The van der Waals surface area contributed by atoms with Crippen molar-refractivity contribution in [2.45, 2.75) is 24.7 Å². The summed E-state index contributed by atoms with van der Waals surface area (Å²) in [5, 5.41) is 13.0. The third kappa shape index (κ3) is 3.15.